The molecular weight excluding hydrogens is 320 g/mol. The first-order valence-electron chi connectivity index (χ1n) is 7.76. The number of nitrogens with one attached hydrogen (secondary N) is 1. The Morgan fingerprint density at radius 3 is 3.04 bits per heavy atom. The monoisotopic (exact) mass is 338 g/mol. The highest BCUT2D eigenvalue weighted by Crippen LogP contribution is 2.22. The fraction of sp³-hybridized carbons (Fsp3) is 0.167. The van der Waals surface area contributed by atoms with Crippen molar-refractivity contribution in [3.8, 4) is 11.3 Å². The largest absolute Gasteiger partial charge is 0.478 e. The van der Waals surface area contributed by atoms with E-state index in [0.29, 0.717) is 13.2 Å². The van der Waals surface area contributed by atoms with Crippen molar-refractivity contribution >= 4 is 23.5 Å². The Morgan fingerprint density at radius 1 is 1.36 bits per heavy atom. The SMILES string of the molecule is COCCNc1ccc2ncc(-c3cccc(C=CC(=O)O)c3)n2n1. The number of rotatable bonds is 7. The van der Waals surface area contributed by atoms with Crippen molar-refractivity contribution in [3.63, 3.8) is 0 Å². The topological polar surface area (TPSA) is 88.8 Å². The average Bonchev–Trinajstić information content (AvgIpc) is 3.04. The summed E-state index contributed by atoms with van der Waals surface area (Å²) in [5.74, 6) is -0.251. The first-order chi connectivity index (χ1) is 12.2. The molecule has 7 heteroatoms. The van der Waals surface area contributed by atoms with Gasteiger partial charge in [0, 0.05) is 25.3 Å². The maximum absolute atomic E-state index is 10.7. The predicted molar refractivity (Wildman–Crippen MR) is 95.5 cm³/mol. The predicted octanol–water partition coefficient (Wildman–Crippen LogP) is 2.55. The van der Waals surface area contributed by atoms with E-state index in [1.807, 2.05) is 36.4 Å². The highest BCUT2D eigenvalue weighted by atomic mass is 16.5. The summed E-state index contributed by atoms with van der Waals surface area (Å²) in [6.45, 7) is 1.25. The van der Waals surface area contributed by atoms with E-state index in [4.69, 9.17) is 9.84 Å². The Kier molecular flexibility index (Phi) is 5.06. The number of methoxy groups -OCH3 is 1. The number of hydrogen-bond donors (Lipinski definition) is 2. The lowest BCUT2D eigenvalue weighted by atomic mass is 10.1. The Morgan fingerprint density at radius 2 is 2.24 bits per heavy atom. The molecule has 0 aliphatic carbocycles. The molecule has 3 rings (SSSR count). The Bertz CT molecular complexity index is 918. The first kappa shape index (κ1) is 16.7. The van der Waals surface area contributed by atoms with Crippen LogP contribution in [0.2, 0.25) is 0 Å². The van der Waals surface area contributed by atoms with E-state index >= 15 is 0 Å². The number of imidazole rings is 1. The standard InChI is InChI=1S/C18H18N4O3/c1-25-10-9-19-16-6-7-17-20-12-15(22(17)21-16)14-4-2-3-13(11-14)5-8-18(23)24/h2-8,11-12H,9-10H2,1H3,(H,19,21)(H,23,24). The van der Waals surface area contributed by atoms with Gasteiger partial charge in [-0.05, 0) is 29.8 Å². The quantitative estimate of drug-likeness (QED) is 0.508. The van der Waals surface area contributed by atoms with Gasteiger partial charge in [-0.1, -0.05) is 18.2 Å². The minimum absolute atomic E-state index is 0.592. The van der Waals surface area contributed by atoms with Gasteiger partial charge in [0.15, 0.2) is 5.65 Å². The maximum Gasteiger partial charge on any atom is 0.328 e. The summed E-state index contributed by atoms with van der Waals surface area (Å²) in [6, 6.07) is 11.3. The van der Waals surface area contributed by atoms with Gasteiger partial charge in [0.25, 0.3) is 0 Å². The van der Waals surface area contributed by atoms with Crippen molar-refractivity contribution in [2.75, 3.05) is 25.6 Å². The molecule has 0 aliphatic rings. The van der Waals surface area contributed by atoms with E-state index < -0.39 is 5.97 Å². The lowest BCUT2D eigenvalue weighted by molar-refractivity contribution is -0.131. The second-order valence-electron chi connectivity index (χ2n) is 5.35. The molecule has 0 spiro atoms. The summed E-state index contributed by atoms with van der Waals surface area (Å²) in [5, 5.41) is 16.5. The van der Waals surface area contributed by atoms with Crippen molar-refractivity contribution in [3.05, 3.63) is 54.2 Å². The summed E-state index contributed by atoms with van der Waals surface area (Å²) >= 11 is 0. The molecule has 0 saturated heterocycles. The fourth-order valence-corrected chi connectivity index (χ4v) is 2.41. The summed E-state index contributed by atoms with van der Waals surface area (Å²) in [4.78, 5) is 15.1. The van der Waals surface area contributed by atoms with Crippen LogP contribution < -0.4 is 5.32 Å². The van der Waals surface area contributed by atoms with Crippen LogP contribution in [0.15, 0.2) is 48.7 Å². The third-order valence-corrected chi connectivity index (χ3v) is 3.58. The molecule has 0 saturated carbocycles. The number of anilines is 1. The fourth-order valence-electron chi connectivity index (χ4n) is 2.41. The van der Waals surface area contributed by atoms with E-state index in [2.05, 4.69) is 15.4 Å². The molecule has 2 N–H and O–H groups in total. The molecule has 0 amide bonds. The van der Waals surface area contributed by atoms with E-state index in [1.165, 1.54) is 0 Å². The highest BCUT2D eigenvalue weighted by Gasteiger charge is 2.08. The van der Waals surface area contributed by atoms with Crippen molar-refractivity contribution in [2.45, 2.75) is 0 Å². The van der Waals surface area contributed by atoms with Crippen LogP contribution >= 0.6 is 0 Å². The van der Waals surface area contributed by atoms with Crippen LogP contribution in [-0.4, -0.2) is 45.9 Å². The zero-order valence-corrected chi connectivity index (χ0v) is 13.7. The second-order valence-corrected chi connectivity index (χ2v) is 5.35. The molecule has 2 heterocycles. The number of nitrogens with zero attached hydrogens (tertiary/aromatic N) is 3. The molecular formula is C18H18N4O3. The molecule has 0 radical (unpaired) electrons. The van der Waals surface area contributed by atoms with Crippen molar-refractivity contribution in [1.82, 2.24) is 14.6 Å². The minimum atomic E-state index is -0.978. The Balaban J connectivity index is 1.94. The van der Waals surface area contributed by atoms with Gasteiger partial charge in [0.2, 0.25) is 0 Å². The number of ether oxygens (including phenoxy) is 1. The van der Waals surface area contributed by atoms with Gasteiger partial charge in [-0.2, -0.15) is 0 Å². The number of carbonyl (C=O) groups is 1. The molecule has 3 aromatic rings. The van der Waals surface area contributed by atoms with Crippen LogP contribution in [0, 0.1) is 0 Å². The van der Waals surface area contributed by atoms with Crippen LogP contribution in [0.3, 0.4) is 0 Å². The summed E-state index contributed by atoms with van der Waals surface area (Å²) in [6.07, 6.45) is 4.42. The highest BCUT2D eigenvalue weighted by molar-refractivity contribution is 5.85. The van der Waals surface area contributed by atoms with Gasteiger partial charge in [-0.3, -0.25) is 0 Å². The lowest BCUT2D eigenvalue weighted by Gasteiger charge is -2.07. The molecule has 7 nitrogen and oxygen atoms in total. The molecule has 0 fully saturated rings. The average molecular weight is 338 g/mol. The number of carboxylic acids is 1. The van der Waals surface area contributed by atoms with Crippen LogP contribution in [0.1, 0.15) is 5.56 Å². The third kappa shape index (κ3) is 4.02. The van der Waals surface area contributed by atoms with Crippen LogP contribution in [0.4, 0.5) is 5.82 Å². The van der Waals surface area contributed by atoms with E-state index in [1.54, 1.807) is 23.9 Å². The zero-order valence-electron chi connectivity index (χ0n) is 13.7. The number of carboxylic acid groups (broad SMARTS) is 1. The Labute approximate surface area is 144 Å². The van der Waals surface area contributed by atoms with Crippen LogP contribution in [0.25, 0.3) is 23.0 Å². The van der Waals surface area contributed by atoms with Crippen molar-refractivity contribution in [2.24, 2.45) is 0 Å². The summed E-state index contributed by atoms with van der Waals surface area (Å²) in [5.41, 5.74) is 3.26. The molecule has 0 unspecified atom stereocenters. The number of hydrogen-bond acceptors (Lipinski definition) is 5. The minimum Gasteiger partial charge on any atom is -0.478 e. The molecule has 0 atom stereocenters. The van der Waals surface area contributed by atoms with Crippen molar-refractivity contribution in [1.29, 1.82) is 0 Å². The van der Waals surface area contributed by atoms with Gasteiger partial charge < -0.3 is 15.2 Å². The number of fused-ring (bicyclic) bond motifs is 1. The van der Waals surface area contributed by atoms with E-state index in [9.17, 15) is 4.79 Å². The van der Waals surface area contributed by atoms with Gasteiger partial charge in [0.05, 0.1) is 18.5 Å². The van der Waals surface area contributed by atoms with Crippen LogP contribution in [0.5, 0.6) is 0 Å². The van der Waals surface area contributed by atoms with Gasteiger partial charge >= 0.3 is 5.97 Å². The Hall–Kier alpha value is -3.19. The normalized spacial score (nSPS) is 11.2. The van der Waals surface area contributed by atoms with Gasteiger partial charge in [-0.15, -0.1) is 5.10 Å². The van der Waals surface area contributed by atoms with Gasteiger partial charge in [0.1, 0.15) is 5.82 Å². The van der Waals surface area contributed by atoms with E-state index in [-0.39, 0.29) is 0 Å². The smallest absolute Gasteiger partial charge is 0.328 e. The first-order valence-corrected chi connectivity index (χ1v) is 7.76. The third-order valence-electron chi connectivity index (χ3n) is 3.58. The number of aliphatic carboxylic acids is 1. The zero-order chi connectivity index (χ0) is 17.6. The van der Waals surface area contributed by atoms with E-state index in [0.717, 1.165) is 34.4 Å². The lowest BCUT2D eigenvalue weighted by Crippen LogP contribution is -2.10. The molecule has 1 aromatic carbocycles. The van der Waals surface area contributed by atoms with Crippen molar-refractivity contribution < 1.29 is 14.6 Å². The molecule has 2 aromatic heterocycles. The van der Waals surface area contributed by atoms with Crippen LogP contribution in [-0.2, 0) is 9.53 Å². The second kappa shape index (κ2) is 7.59. The van der Waals surface area contributed by atoms with Gasteiger partial charge in [-0.25, -0.2) is 14.3 Å². The summed E-state index contributed by atoms with van der Waals surface area (Å²) in [7, 11) is 1.65. The molecule has 0 aliphatic heterocycles. The maximum atomic E-state index is 10.7. The summed E-state index contributed by atoms with van der Waals surface area (Å²) < 4.78 is 6.78. The molecule has 128 valence electrons. The molecule has 0 bridgehead atoms. The number of benzene rings is 1. The number of aromatic nitrogens is 3. The molecule has 25 heavy (non-hydrogen) atoms.